The van der Waals surface area contributed by atoms with E-state index in [9.17, 15) is 0 Å². The molecule has 1 fully saturated rings. The van der Waals surface area contributed by atoms with Gasteiger partial charge in [-0.15, -0.1) is 0 Å². The summed E-state index contributed by atoms with van der Waals surface area (Å²) in [7, 11) is 3.28. The molecule has 7 nitrogen and oxygen atoms in total. The average Bonchev–Trinajstić information content (AvgIpc) is 3.35. The van der Waals surface area contributed by atoms with Crippen LogP contribution in [0.3, 0.4) is 0 Å². The van der Waals surface area contributed by atoms with E-state index in [1.54, 1.807) is 14.2 Å². The van der Waals surface area contributed by atoms with Crippen molar-refractivity contribution in [2.24, 2.45) is 0 Å². The van der Waals surface area contributed by atoms with E-state index in [1.807, 2.05) is 24.5 Å². The van der Waals surface area contributed by atoms with Crippen LogP contribution in [0.1, 0.15) is 37.3 Å². The van der Waals surface area contributed by atoms with Crippen molar-refractivity contribution in [3.8, 4) is 11.5 Å². The van der Waals surface area contributed by atoms with Gasteiger partial charge in [-0.25, -0.2) is 4.98 Å². The second kappa shape index (κ2) is 7.60. The molecule has 1 aromatic carbocycles. The van der Waals surface area contributed by atoms with Crippen molar-refractivity contribution in [3.63, 3.8) is 0 Å². The molecular weight excluding hydrogens is 366 g/mol. The molecule has 0 radical (unpaired) electrons. The number of rotatable bonds is 6. The third-order valence-electron chi connectivity index (χ3n) is 5.07. The van der Waals surface area contributed by atoms with Gasteiger partial charge in [0.05, 0.1) is 26.1 Å². The van der Waals surface area contributed by atoms with E-state index in [4.69, 9.17) is 21.1 Å². The van der Waals surface area contributed by atoms with Gasteiger partial charge in [0.15, 0.2) is 17.0 Å². The van der Waals surface area contributed by atoms with Gasteiger partial charge in [-0.05, 0) is 36.6 Å². The van der Waals surface area contributed by atoms with Crippen LogP contribution in [0.2, 0.25) is 5.28 Å². The van der Waals surface area contributed by atoms with Gasteiger partial charge in [0.1, 0.15) is 11.5 Å². The first-order valence-corrected chi connectivity index (χ1v) is 9.43. The second-order valence-corrected chi connectivity index (χ2v) is 6.94. The summed E-state index contributed by atoms with van der Waals surface area (Å²) in [6.45, 7) is 0.464. The van der Waals surface area contributed by atoms with Crippen LogP contribution in [-0.2, 0) is 6.54 Å². The summed E-state index contributed by atoms with van der Waals surface area (Å²) in [6.07, 6.45) is 6.62. The molecule has 1 aliphatic rings. The molecule has 27 heavy (non-hydrogen) atoms. The summed E-state index contributed by atoms with van der Waals surface area (Å²) >= 11 is 6.21. The first kappa shape index (κ1) is 17.9. The van der Waals surface area contributed by atoms with E-state index in [1.165, 1.54) is 12.8 Å². The van der Waals surface area contributed by atoms with Crippen molar-refractivity contribution in [3.05, 3.63) is 35.4 Å². The summed E-state index contributed by atoms with van der Waals surface area (Å²) in [4.78, 5) is 13.3. The molecule has 4 rings (SSSR count). The molecule has 2 aromatic heterocycles. The molecule has 0 spiro atoms. The minimum atomic E-state index is 0.205. The number of fused-ring (bicyclic) bond motifs is 1. The van der Waals surface area contributed by atoms with Crippen molar-refractivity contribution in [1.82, 2.24) is 19.5 Å². The number of methoxy groups -OCH3 is 2. The van der Waals surface area contributed by atoms with Gasteiger partial charge in [0.2, 0.25) is 5.28 Å². The topological polar surface area (TPSA) is 74.1 Å². The molecule has 0 aliphatic heterocycles. The number of benzene rings is 1. The van der Waals surface area contributed by atoms with Gasteiger partial charge < -0.3 is 19.4 Å². The first-order valence-electron chi connectivity index (χ1n) is 9.05. The Bertz CT molecular complexity index is 930. The maximum absolute atomic E-state index is 6.21. The number of aromatic nitrogens is 4. The zero-order chi connectivity index (χ0) is 18.8. The maximum atomic E-state index is 6.21. The molecule has 1 aliphatic carbocycles. The third-order valence-corrected chi connectivity index (χ3v) is 5.24. The molecule has 0 unspecified atom stereocenters. The molecule has 3 aromatic rings. The quantitative estimate of drug-likeness (QED) is 0.638. The van der Waals surface area contributed by atoms with Crippen LogP contribution in [0.25, 0.3) is 11.2 Å². The highest BCUT2D eigenvalue weighted by atomic mass is 35.5. The lowest BCUT2D eigenvalue weighted by molar-refractivity contribution is 0.386. The van der Waals surface area contributed by atoms with Crippen LogP contribution in [0.5, 0.6) is 11.5 Å². The molecule has 2 heterocycles. The Hall–Kier alpha value is -2.54. The van der Waals surface area contributed by atoms with Crippen molar-refractivity contribution >= 4 is 28.6 Å². The van der Waals surface area contributed by atoms with E-state index in [0.29, 0.717) is 18.4 Å². The van der Waals surface area contributed by atoms with Crippen molar-refractivity contribution < 1.29 is 9.47 Å². The highest BCUT2D eigenvalue weighted by Crippen LogP contribution is 2.34. The second-order valence-electron chi connectivity index (χ2n) is 6.60. The molecule has 1 N–H and O–H groups in total. The Morgan fingerprint density at radius 1 is 1.15 bits per heavy atom. The van der Waals surface area contributed by atoms with Gasteiger partial charge in [-0.1, -0.05) is 18.9 Å². The predicted octanol–water partition coefficient (Wildman–Crippen LogP) is 4.22. The highest BCUT2D eigenvalue weighted by molar-refractivity contribution is 6.28. The predicted molar refractivity (Wildman–Crippen MR) is 105 cm³/mol. The lowest BCUT2D eigenvalue weighted by Gasteiger charge is -2.15. The van der Waals surface area contributed by atoms with E-state index in [0.717, 1.165) is 41.1 Å². The summed E-state index contributed by atoms with van der Waals surface area (Å²) < 4.78 is 13.1. The Balaban J connectivity index is 1.67. The molecular formula is C19H22ClN5O2. The first-order chi connectivity index (χ1) is 13.2. The molecule has 0 amide bonds. The van der Waals surface area contributed by atoms with E-state index < -0.39 is 0 Å². The summed E-state index contributed by atoms with van der Waals surface area (Å²) in [5.74, 6) is 2.10. The van der Waals surface area contributed by atoms with Crippen LogP contribution in [0.4, 0.5) is 5.82 Å². The number of nitrogens with one attached hydrogen (secondary N) is 1. The monoisotopic (exact) mass is 387 g/mol. The normalized spacial score (nSPS) is 14.6. The summed E-state index contributed by atoms with van der Waals surface area (Å²) in [6, 6.07) is 6.13. The number of hydrogen-bond acceptors (Lipinski definition) is 6. The zero-order valence-electron chi connectivity index (χ0n) is 15.4. The fourth-order valence-corrected chi connectivity index (χ4v) is 3.90. The maximum Gasteiger partial charge on any atom is 0.226 e. The van der Waals surface area contributed by atoms with Gasteiger partial charge in [0.25, 0.3) is 0 Å². The molecule has 142 valence electrons. The Kier molecular flexibility index (Phi) is 5.03. The standard InChI is InChI=1S/C19H22ClN5O2/c1-26-14-8-5-9-15(27-2)13(14)10-21-17-16-18(24-19(20)23-17)25(11-22-16)12-6-3-4-7-12/h5,8-9,11-12H,3-4,6-7,10H2,1-2H3,(H,21,23,24). The molecule has 0 atom stereocenters. The SMILES string of the molecule is COc1cccc(OC)c1CNc1nc(Cl)nc2c1ncn2C1CCCC1. The largest absolute Gasteiger partial charge is 0.496 e. The number of anilines is 1. The number of halogens is 1. The van der Waals surface area contributed by atoms with Gasteiger partial charge in [-0.3, -0.25) is 0 Å². The van der Waals surface area contributed by atoms with Crippen molar-refractivity contribution in [2.45, 2.75) is 38.3 Å². The van der Waals surface area contributed by atoms with E-state index in [2.05, 4.69) is 24.8 Å². The highest BCUT2D eigenvalue weighted by Gasteiger charge is 2.22. The summed E-state index contributed by atoms with van der Waals surface area (Å²) in [5, 5.41) is 3.53. The van der Waals surface area contributed by atoms with Crippen LogP contribution < -0.4 is 14.8 Å². The van der Waals surface area contributed by atoms with Crippen LogP contribution in [0, 0.1) is 0 Å². The van der Waals surface area contributed by atoms with Crippen molar-refractivity contribution in [2.75, 3.05) is 19.5 Å². The Labute approximate surface area is 162 Å². The van der Waals surface area contributed by atoms with Gasteiger partial charge in [0, 0.05) is 12.6 Å². The molecule has 0 saturated heterocycles. The Morgan fingerprint density at radius 2 is 1.85 bits per heavy atom. The molecule has 0 bridgehead atoms. The summed E-state index contributed by atoms with van der Waals surface area (Å²) in [5.41, 5.74) is 2.40. The van der Waals surface area contributed by atoms with Gasteiger partial charge >= 0.3 is 0 Å². The van der Waals surface area contributed by atoms with Crippen LogP contribution >= 0.6 is 11.6 Å². The fourth-order valence-electron chi connectivity index (χ4n) is 3.74. The molecule has 1 saturated carbocycles. The number of ether oxygens (including phenoxy) is 2. The number of imidazole rings is 1. The van der Waals surface area contributed by atoms with Crippen LogP contribution in [-0.4, -0.2) is 33.7 Å². The fraction of sp³-hybridized carbons (Fsp3) is 0.421. The minimum Gasteiger partial charge on any atom is -0.496 e. The minimum absolute atomic E-state index is 0.205. The number of hydrogen-bond donors (Lipinski definition) is 1. The number of nitrogens with zero attached hydrogens (tertiary/aromatic N) is 4. The Morgan fingerprint density at radius 3 is 2.52 bits per heavy atom. The van der Waals surface area contributed by atoms with Gasteiger partial charge in [-0.2, -0.15) is 9.97 Å². The van der Waals surface area contributed by atoms with Crippen molar-refractivity contribution in [1.29, 1.82) is 0 Å². The third kappa shape index (κ3) is 3.39. The lowest BCUT2D eigenvalue weighted by Crippen LogP contribution is -2.08. The van der Waals surface area contributed by atoms with Crippen LogP contribution in [0.15, 0.2) is 24.5 Å². The van der Waals surface area contributed by atoms with E-state index >= 15 is 0 Å². The smallest absolute Gasteiger partial charge is 0.226 e. The zero-order valence-corrected chi connectivity index (χ0v) is 16.2. The lowest BCUT2D eigenvalue weighted by atomic mass is 10.1. The average molecular weight is 388 g/mol. The molecule has 8 heteroatoms. The van der Waals surface area contributed by atoms with E-state index in [-0.39, 0.29) is 5.28 Å².